The Morgan fingerprint density at radius 2 is 2.29 bits per heavy atom. The zero-order chi connectivity index (χ0) is 10.6. The molecule has 1 saturated heterocycles. The molecule has 0 bridgehead atoms. The van der Waals surface area contributed by atoms with E-state index < -0.39 is 0 Å². The lowest BCUT2D eigenvalue weighted by atomic mass is 9.93. The lowest BCUT2D eigenvalue weighted by molar-refractivity contribution is -0.142. The van der Waals surface area contributed by atoms with E-state index in [-0.39, 0.29) is 12.0 Å². The van der Waals surface area contributed by atoms with Gasteiger partial charge in [-0.05, 0) is 12.3 Å². The van der Waals surface area contributed by atoms with E-state index in [1.165, 1.54) is 7.11 Å². The van der Waals surface area contributed by atoms with Crippen molar-refractivity contribution in [2.24, 2.45) is 11.7 Å². The van der Waals surface area contributed by atoms with Crippen LogP contribution in [0.15, 0.2) is 0 Å². The summed E-state index contributed by atoms with van der Waals surface area (Å²) in [5.41, 5.74) is 5.91. The van der Waals surface area contributed by atoms with Gasteiger partial charge >= 0.3 is 5.97 Å². The molecule has 1 heterocycles. The van der Waals surface area contributed by atoms with Gasteiger partial charge in [-0.3, -0.25) is 9.69 Å². The van der Waals surface area contributed by atoms with Crippen molar-refractivity contribution < 1.29 is 9.53 Å². The van der Waals surface area contributed by atoms with Gasteiger partial charge in [0, 0.05) is 19.1 Å². The molecule has 2 unspecified atom stereocenters. The van der Waals surface area contributed by atoms with Gasteiger partial charge in [-0.15, -0.1) is 0 Å². The second-order valence-corrected chi connectivity index (χ2v) is 4.04. The molecular formula is C10H20N2O2. The van der Waals surface area contributed by atoms with E-state index in [0.29, 0.717) is 12.5 Å². The van der Waals surface area contributed by atoms with Crippen LogP contribution >= 0.6 is 0 Å². The van der Waals surface area contributed by atoms with E-state index in [1.54, 1.807) is 0 Å². The minimum absolute atomic E-state index is 0.172. The Hall–Kier alpha value is -0.610. The summed E-state index contributed by atoms with van der Waals surface area (Å²) in [6.07, 6.45) is 2.21. The highest BCUT2D eigenvalue weighted by molar-refractivity contribution is 5.71. The van der Waals surface area contributed by atoms with Crippen molar-refractivity contribution in [2.45, 2.75) is 25.8 Å². The molecule has 0 aromatic heterocycles. The Morgan fingerprint density at radius 3 is 2.86 bits per heavy atom. The van der Waals surface area contributed by atoms with E-state index in [4.69, 9.17) is 5.73 Å². The molecule has 82 valence electrons. The van der Waals surface area contributed by atoms with Crippen molar-refractivity contribution in [3.05, 3.63) is 0 Å². The normalized spacial score (nSPS) is 28.8. The first-order valence-electron chi connectivity index (χ1n) is 5.20. The number of carbonyl (C=O) groups excluding carboxylic acids is 1. The number of hydrogen-bond acceptors (Lipinski definition) is 4. The largest absolute Gasteiger partial charge is 0.468 e. The Morgan fingerprint density at radius 1 is 1.57 bits per heavy atom. The summed E-state index contributed by atoms with van der Waals surface area (Å²) in [4.78, 5) is 13.2. The molecule has 2 atom stereocenters. The SMILES string of the molecule is CCC1CC(N)CN(CC(=O)OC)C1. The van der Waals surface area contributed by atoms with Crippen molar-refractivity contribution >= 4 is 5.97 Å². The number of ether oxygens (including phenoxy) is 1. The number of likely N-dealkylation sites (tertiary alicyclic amines) is 1. The first kappa shape index (κ1) is 11.5. The fourth-order valence-electron chi connectivity index (χ4n) is 2.02. The lowest BCUT2D eigenvalue weighted by Crippen LogP contribution is -2.48. The number of hydrogen-bond donors (Lipinski definition) is 1. The summed E-state index contributed by atoms with van der Waals surface area (Å²) in [6.45, 7) is 4.32. The molecule has 1 aliphatic rings. The smallest absolute Gasteiger partial charge is 0.319 e. The molecule has 0 radical (unpaired) electrons. The van der Waals surface area contributed by atoms with Crippen LogP contribution in [0.5, 0.6) is 0 Å². The number of rotatable bonds is 3. The molecule has 4 nitrogen and oxygen atoms in total. The van der Waals surface area contributed by atoms with Crippen LogP contribution in [0.4, 0.5) is 0 Å². The highest BCUT2D eigenvalue weighted by Crippen LogP contribution is 2.18. The fourth-order valence-corrected chi connectivity index (χ4v) is 2.02. The third-order valence-corrected chi connectivity index (χ3v) is 2.80. The van der Waals surface area contributed by atoms with Crippen molar-refractivity contribution in [2.75, 3.05) is 26.7 Å². The maximum Gasteiger partial charge on any atom is 0.319 e. The average molecular weight is 200 g/mol. The third kappa shape index (κ3) is 3.27. The van der Waals surface area contributed by atoms with Gasteiger partial charge in [0.1, 0.15) is 0 Å². The van der Waals surface area contributed by atoms with Crippen molar-refractivity contribution in [1.29, 1.82) is 0 Å². The van der Waals surface area contributed by atoms with E-state index in [0.717, 1.165) is 25.9 Å². The Bertz CT molecular complexity index is 197. The average Bonchev–Trinajstić information content (AvgIpc) is 2.16. The molecule has 2 N–H and O–H groups in total. The van der Waals surface area contributed by atoms with E-state index in [1.807, 2.05) is 0 Å². The van der Waals surface area contributed by atoms with Crippen LogP contribution in [0.2, 0.25) is 0 Å². The zero-order valence-electron chi connectivity index (χ0n) is 9.03. The highest BCUT2D eigenvalue weighted by Gasteiger charge is 2.25. The first-order valence-corrected chi connectivity index (χ1v) is 5.20. The molecule has 0 aromatic carbocycles. The van der Waals surface area contributed by atoms with Crippen LogP contribution < -0.4 is 5.73 Å². The second kappa shape index (κ2) is 5.32. The molecule has 1 aliphatic heterocycles. The van der Waals surface area contributed by atoms with Gasteiger partial charge in [-0.2, -0.15) is 0 Å². The molecule has 4 heteroatoms. The number of piperidine rings is 1. The molecule has 0 aliphatic carbocycles. The van der Waals surface area contributed by atoms with E-state index in [2.05, 4.69) is 16.6 Å². The molecule has 0 saturated carbocycles. The van der Waals surface area contributed by atoms with E-state index >= 15 is 0 Å². The molecule has 0 aromatic rings. The van der Waals surface area contributed by atoms with Gasteiger partial charge < -0.3 is 10.5 Å². The molecule has 1 rings (SSSR count). The first-order chi connectivity index (χ1) is 6.65. The molecule has 1 fully saturated rings. The standard InChI is InChI=1S/C10H20N2O2/c1-3-8-4-9(11)6-12(5-8)7-10(13)14-2/h8-9H,3-7,11H2,1-2H3. The molecule has 0 spiro atoms. The Kier molecular flexibility index (Phi) is 4.35. The topological polar surface area (TPSA) is 55.6 Å². The van der Waals surface area contributed by atoms with Crippen molar-refractivity contribution in [1.82, 2.24) is 4.90 Å². The van der Waals surface area contributed by atoms with Crippen molar-refractivity contribution in [3.8, 4) is 0 Å². The van der Waals surface area contributed by atoms with Gasteiger partial charge in [-0.25, -0.2) is 0 Å². The van der Waals surface area contributed by atoms with Crippen molar-refractivity contribution in [3.63, 3.8) is 0 Å². The predicted octanol–water partition coefficient (Wildman–Crippen LogP) is 0.219. The monoisotopic (exact) mass is 200 g/mol. The zero-order valence-corrected chi connectivity index (χ0v) is 9.03. The minimum atomic E-state index is -0.172. The Balaban J connectivity index is 2.40. The quantitative estimate of drug-likeness (QED) is 0.662. The molecular weight excluding hydrogens is 180 g/mol. The van der Waals surface area contributed by atoms with Crippen LogP contribution in [0.1, 0.15) is 19.8 Å². The van der Waals surface area contributed by atoms with Gasteiger partial charge in [0.15, 0.2) is 0 Å². The number of esters is 1. The number of nitrogens with zero attached hydrogens (tertiary/aromatic N) is 1. The third-order valence-electron chi connectivity index (χ3n) is 2.80. The fraction of sp³-hybridized carbons (Fsp3) is 0.900. The number of methoxy groups -OCH3 is 1. The van der Waals surface area contributed by atoms with Crippen LogP contribution in [0, 0.1) is 5.92 Å². The summed E-state index contributed by atoms with van der Waals surface area (Å²) in [6, 6.07) is 0.207. The predicted molar refractivity (Wildman–Crippen MR) is 54.8 cm³/mol. The van der Waals surface area contributed by atoms with Crippen LogP contribution in [-0.2, 0) is 9.53 Å². The second-order valence-electron chi connectivity index (χ2n) is 4.04. The Labute approximate surface area is 85.4 Å². The van der Waals surface area contributed by atoms with Crippen LogP contribution in [0.3, 0.4) is 0 Å². The number of carbonyl (C=O) groups is 1. The van der Waals surface area contributed by atoms with Gasteiger partial charge in [0.2, 0.25) is 0 Å². The minimum Gasteiger partial charge on any atom is -0.468 e. The summed E-state index contributed by atoms with van der Waals surface area (Å²) >= 11 is 0. The maximum atomic E-state index is 11.1. The summed E-state index contributed by atoms with van der Waals surface area (Å²) in [5.74, 6) is 0.456. The lowest BCUT2D eigenvalue weighted by Gasteiger charge is -2.35. The van der Waals surface area contributed by atoms with Gasteiger partial charge in [-0.1, -0.05) is 13.3 Å². The van der Waals surface area contributed by atoms with Gasteiger partial charge in [0.25, 0.3) is 0 Å². The maximum absolute atomic E-state index is 11.1. The molecule has 0 amide bonds. The number of nitrogens with two attached hydrogens (primary N) is 1. The molecule has 14 heavy (non-hydrogen) atoms. The highest BCUT2D eigenvalue weighted by atomic mass is 16.5. The summed E-state index contributed by atoms with van der Waals surface area (Å²) in [7, 11) is 1.42. The summed E-state index contributed by atoms with van der Waals surface area (Å²) < 4.78 is 4.64. The van der Waals surface area contributed by atoms with E-state index in [9.17, 15) is 4.79 Å². The van der Waals surface area contributed by atoms with Crippen LogP contribution in [-0.4, -0.2) is 43.7 Å². The van der Waals surface area contributed by atoms with Gasteiger partial charge in [0.05, 0.1) is 13.7 Å². The van der Waals surface area contributed by atoms with Crippen LogP contribution in [0.25, 0.3) is 0 Å². The summed E-state index contributed by atoms with van der Waals surface area (Å²) in [5, 5.41) is 0.